The van der Waals surface area contributed by atoms with Gasteiger partial charge in [0.25, 0.3) is 0 Å². The number of nitrogens with one attached hydrogen (secondary N) is 1. The van der Waals surface area contributed by atoms with Gasteiger partial charge in [0.15, 0.2) is 0 Å². The van der Waals surface area contributed by atoms with Crippen molar-refractivity contribution in [2.24, 2.45) is 0 Å². The lowest BCUT2D eigenvalue weighted by Gasteiger charge is -2.04. The van der Waals surface area contributed by atoms with E-state index >= 15 is 0 Å². The molecule has 1 N–H and O–H groups in total. The number of hydrogen-bond acceptors (Lipinski definition) is 2. The first-order valence-corrected chi connectivity index (χ1v) is 9.00. The molecule has 1 nitrogen and oxygen atoms in total. The van der Waals surface area contributed by atoms with Gasteiger partial charge in [0.2, 0.25) is 0 Å². The van der Waals surface area contributed by atoms with Crippen LogP contribution in [0.5, 0.6) is 0 Å². The molecule has 2 heteroatoms. The zero-order valence-electron chi connectivity index (χ0n) is 12.1. The van der Waals surface area contributed by atoms with Gasteiger partial charge in [0.1, 0.15) is 0 Å². The lowest BCUT2D eigenvalue weighted by atomic mass is 10.1. The molecule has 0 rings (SSSR count). The lowest BCUT2D eigenvalue weighted by molar-refractivity contribution is 0.550. The summed E-state index contributed by atoms with van der Waals surface area (Å²) in [5.41, 5.74) is 0. The molecule has 0 unspecified atom stereocenters. The Bertz CT molecular complexity index is 114. The minimum atomic E-state index is 1.22. The fourth-order valence-electron chi connectivity index (χ4n) is 2.01. The van der Waals surface area contributed by atoms with Crippen LogP contribution in [0.4, 0.5) is 0 Å². The van der Waals surface area contributed by atoms with E-state index < -0.39 is 0 Å². The second-order valence-electron chi connectivity index (χ2n) is 4.92. The Morgan fingerprint density at radius 3 is 1.82 bits per heavy atom. The van der Waals surface area contributed by atoms with E-state index in [1.807, 2.05) is 11.8 Å². The fourth-order valence-corrected chi connectivity index (χ4v) is 2.50. The summed E-state index contributed by atoms with van der Waals surface area (Å²) in [6, 6.07) is 0. The van der Waals surface area contributed by atoms with Crippen LogP contribution in [0.3, 0.4) is 0 Å². The molecule has 0 radical (unpaired) electrons. The van der Waals surface area contributed by atoms with Crippen molar-refractivity contribution >= 4 is 11.8 Å². The van der Waals surface area contributed by atoms with Gasteiger partial charge >= 0.3 is 0 Å². The monoisotopic (exact) mass is 259 g/mol. The molecular weight excluding hydrogens is 226 g/mol. The van der Waals surface area contributed by atoms with Gasteiger partial charge < -0.3 is 5.32 Å². The minimum Gasteiger partial charge on any atom is -0.317 e. The minimum absolute atomic E-state index is 1.22. The van der Waals surface area contributed by atoms with E-state index in [9.17, 15) is 0 Å². The summed E-state index contributed by atoms with van der Waals surface area (Å²) in [5.74, 6) is 1.32. The average Bonchev–Trinajstić information content (AvgIpc) is 2.35. The van der Waals surface area contributed by atoms with Gasteiger partial charge in [-0.2, -0.15) is 11.8 Å². The second kappa shape index (κ2) is 16.3. The van der Waals surface area contributed by atoms with Crippen LogP contribution in [0.15, 0.2) is 0 Å². The van der Waals surface area contributed by atoms with Gasteiger partial charge in [0, 0.05) is 0 Å². The summed E-state index contributed by atoms with van der Waals surface area (Å²) in [6.07, 6.45) is 16.3. The van der Waals surface area contributed by atoms with Crippen LogP contribution in [-0.4, -0.2) is 25.1 Å². The van der Waals surface area contributed by atoms with E-state index in [0.717, 1.165) is 0 Å². The highest BCUT2D eigenvalue weighted by Crippen LogP contribution is 2.07. The van der Waals surface area contributed by atoms with E-state index in [1.165, 1.54) is 83.1 Å². The summed E-state index contributed by atoms with van der Waals surface area (Å²) in [4.78, 5) is 0. The predicted molar refractivity (Wildman–Crippen MR) is 83.1 cm³/mol. The van der Waals surface area contributed by atoms with Crippen LogP contribution >= 0.6 is 11.8 Å². The van der Waals surface area contributed by atoms with Crippen molar-refractivity contribution in [3.63, 3.8) is 0 Å². The first kappa shape index (κ1) is 17.3. The summed E-state index contributed by atoms with van der Waals surface area (Å²) >= 11 is 1.96. The molecule has 104 valence electrons. The molecule has 0 aromatic heterocycles. The van der Waals surface area contributed by atoms with E-state index in [-0.39, 0.29) is 0 Å². The van der Waals surface area contributed by atoms with Gasteiger partial charge in [-0.1, -0.05) is 51.9 Å². The third-order valence-electron chi connectivity index (χ3n) is 3.16. The molecule has 0 aromatic carbocycles. The summed E-state index contributed by atoms with van der Waals surface area (Å²) in [6.45, 7) is 4.73. The van der Waals surface area contributed by atoms with Crippen LogP contribution < -0.4 is 5.32 Å². The molecule has 0 aliphatic heterocycles. The number of hydrogen-bond donors (Lipinski definition) is 1. The van der Waals surface area contributed by atoms with Gasteiger partial charge in [-0.25, -0.2) is 0 Å². The highest BCUT2D eigenvalue weighted by Gasteiger charge is 1.92. The molecule has 0 amide bonds. The summed E-state index contributed by atoms with van der Waals surface area (Å²) < 4.78 is 0. The molecule has 0 fully saturated rings. The largest absolute Gasteiger partial charge is 0.317 e. The Labute approximate surface area is 114 Å². The first-order chi connectivity index (χ1) is 8.41. The number of unbranched alkanes of at least 4 members (excludes halogenated alkanes) is 8. The molecular formula is C15H33NS. The van der Waals surface area contributed by atoms with Crippen LogP contribution in [0.1, 0.15) is 71.1 Å². The van der Waals surface area contributed by atoms with Gasteiger partial charge in [0.05, 0.1) is 0 Å². The van der Waals surface area contributed by atoms with Crippen molar-refractivity contribution in [2.45, 2.75) is 71.1 Å². The molecule has 0 aromatic rings. The normalized spacial score (nSPS) is 10.9. The molecule has 0 atom stereocenters. The second-order valence-corrected chi connectivity index (χ2v) is 5.91. The van der Waals surface area contributed by atoms with E-state index in [0.29, 0.717) is 0 Å². The standard InChI is InChI=1S/C15H33NS/c1-3-4-5-6-7-8-9-10-13-16-14-11-12-15-17-2/h16H,3-15H2,1-2H3. The average molecular weight is 260 g/mol. The Kier molecular flexibility index (Phi) is 16.6. The van der Waals surface area contributed by atoms with Crippen molar-refractivity contribution in [3.05, 3.63) is 0 Å². The van der Waals surface area contributed by atoms with Crippen LogP contribution in [0.2, 0.25) is 0 Å². The zero-order valence-corrected chi connectivity index (χ0v) is 12.9. The van der Waals surface area contributed by atoms with Crippen LogP contribution in [0, 0.1) is 0 Å². The Morgan fingerprint density at radius 1 is 0.706 bits per heavy atom. The molecule has 0 heterocycles. The maximum Gasteiger partial charge on any atom is -0.00486 e. The Hall–Kier alpha value is 0.310. The molecule has 0 aliphatic rings. The summed E-state index contributed by atoms with van der Waals surface area (Å²) in [5, 5.41) is 3.55. The number of thioether (sulfide) groups is 1. The van der Waals surface area contributed by atoms with E-state index in [4.69, 9.17) is 0 Å². The van der Waals surface area contributed by atoms with Gasteiger partial charge in [-0.3, -0.25) is 0 Å². The maximum atomic E-state index is 3.55. The number of rotatable bonds is 14. The fraction of sp³-hybridized carbons (Fsp3) is 1.00. The molecule has 0 aliphatic carbocycles. The van der Waals surface area contributed by atoms with Crippen molar-refractivity contribution in [1.29, 1.82) is 0 Å². The smallest absolute Gasteiger partial charge is 0.00486 e. The van der Waals surface area contributed by atoms with E-state index in [2.05, 4.69) is 18.5 Å². The van der Waals surface area contributed by atoms with Gasteiger partial charge in [-0.05, 0) is 44.4 Å². The molecule has 0 bridgehead atoms. The topological polar surface area (TPSA) is 12.0 Å². The van der Waals surface area contributed by atoms with E-state index in [1.54, 1.807) is 0 Å². The maximum absolute atomic E-state index is 3.55. The highest BCUT2D eigenvalue weighted by atomic mass is 32.2. The molecule has 0 saturated heterocycles. The lowest BCUT2D eigenvalue weighted by Crippen LogP contribution is -2.16. The van der Waals surface area contributed by atoms with Crippen molar-refractivity contribution in [1.82, 2.24) is 5.32 Å². The molecule has 0 spiro atoms. The first-order valence-electron chi connectivity index (χ1n) is 7.61. The van der Waals surface area contributed by atoms with Crippen molar-refractivity contribution in [3.8, 4) is 0 Å². The Morgan fingerprint density at radius 2 is 1.24 bits per heavy atom. The van der Waals surface area contributed by atoms with Crippen LogP contribution in [0.25, 0.3) is 0 Å². The summed E-state index contributed by atoms with van der Waals surface area (Å²) in [7, 11) is 0. The van der Waals surface area contributed by atoms with Crippen LogP contribution in [-0.2, 0) is 0 Å². The van der Waals surface area contributed by atoms with Gasteiger partial charge in [-0.15, -0.1) is 0 Å². The Balaban J connectivity index is 2.85. The van der Waals surface area contributed by atoms with Crippen molar-refractivity contribution < 1.29 is 0 Å². The quantitative estimate of drug-likeness (QED) is 0.447. The zero-order chi connectivity index (χ0) is 12.6. The third-order valence-corrected chi connectivity index (χ3v) is 3.86. The highest BCUT2D eigenvalue weighted by molar-refractivity contribution is 7.98. The van der Waals surface area contributed by atoms with Crippen molar-refractivity contribution in [2.75, 3.05) is 25.1 Å². The molecule has 17 heavy (non-hydrogen) atoms. The molecule has 0 saturated carbocycles. The SMILES string of the molecule is CCCCCCCCCCNCCCCSC. The third kappa shape index (κ3) is 16.3. The predicted octanol–water partition coefficient (Wildman–Crippen LogP) is 4.86.